The fraction of sp³-hybridized carbons (Fsp3) is 0.778. The number of carbonyl (C=O) groups excluding carboxylic acids is 3. The van der Waals surface area contributed by atoms with Crippen LogP contribution in [-0.4, -0.2) is 66.0 Å². The van der Waals surface area contributed by atoms with Gasteiger partial charge in [-0.15, -0.1) is 11.3 Å². The van der Waals surface area contributed by atoms with Gasteiger partial charge in [-0.1, -0.05) is 51.4 Å². The topological polar surface area (TPSA) is 101 Å². The van der Waals surface area contributed by atoms with E-state index < -0.39 is 11.9 Å². The van der Waals surface area contributed by atoms with Crippen LogP contribution in [0.25, 0.3) is 0 Å². The van der Waals surface area contributed by atoms with Crippen LogP contribution in [0.5, 0.6) is 0 Å². The van der Waals surface area contributed by atoms with E-state index in [2.05, 4.69) is 15.6 Å². The number of aromatic nitrogens is 1. The molecule has 36 heavy (non-hydrogen) atoms. The third-order valence-electron chi connectivity index (χ3n) is 8.19. The number of aryl methyl sites for hydroxylation is 1. The molecular formula is C27H42N4O4S. The van der Waals surface area contributed by atoms with Gasteiger partial charge in [0.1, 0.15) is 0 Å². The minimum Gasteiger partial charge on any atom is -0.469 e. The van der Waals surface area contributed by atoms with Crippen LogP contribution in [-0.2, 0) is 14.3 Å². The Labute approximate surface area is 218 Å². The van der Waals surface area contributed by atoms with Crippen molar-refractivity contribution in [1.82, 2.24) is 20.5 Å². The molecule has 3 fully saturated rings. The Bertz CT molecular complexity index is 874. The third-order valence-corrected chi connectivity index (χ3v) is 9.11. The number of nitrogens with one attached hydrogen (secondary N) is 2. The lowest BCUT2D eigenvalue weighted by Gasteiger charge is -2.40. The summed E-state index contributed by atoms with van der Waals surface area (Å²) in [6.07, 6.45) is 15.2. The van der Waals surface area contributed by atoms with Crippen LogP contribution in [0.2, 0.25) is 0 Å². The van der Waals surface area contributed by atoms with Crippen molar-refractivity contribution in [2.24, 2.45) is 11.8 Å². The van der Waals surface area contributed by atoms with Crippen LogP contribution in [0.15, 0.2) is 6.20 Å². The van der Waals surface area contributed by atoms with E-state index in [0.29, 0.717) is 29.9 Å². The lowest BCUT2D eigenvalue weighted by atomic mass is 9.83. The second kappa shape index (κ2) is 13.0. The lowest BCUT2D eigenvalue weighted by Crippen LogP contribution is -2.59. The van der Waals surface area contributed by atoms with Crippen LogP contribution < -0.4 is 10.6 Å². The van der Waals surface area contributed by atoms with Gasteiger partial charge < -0.3 is 20.3 Å². The molecule has 3 atom stereocenters. The molecule has 8 nitrogen and oxygen atoms in total. The number of thiazole rings is 1. The monoisotopic (exact) mass is 518 g/mol. The van der Waals surface area contributed by atoms with Gasteiger partial charge in [-0.2, -0.15) is 0 Å². The molecule has 0 spiro atoms. The Balaban J connectivity index is 1.43. The van der Waals surface area contributed by atoms with Crippen molar-refractivity contribution in [3.8, 4) is 0 Å². The zero-order valence-electron chi connectivity index (χ0n) is 21.8. The largest absolute Gasteiger partial charge is 0.469 e. The highest BCUT2D eigenvalue weighted by molar-refractivity contribution is 7.13. The smallest absolute Gasteiger partial charge is 0.312 e. The average molecular weight is 519 g/mol. The van der Waals surface area contributed by atoms with Gasteiger partial charge >= 0.3 is 5.97 Å². The first-order valence-electron chi connectivity index (χ1n) is 13.8. The van der Waals surface area contributed by atoms with Gasteiger partial charge in [0.15, 0.2) is 5.01 Å². The molecule has 2 N–H and O–H groups in total. The van der Waals surface area contributed by atoms with Gasteiger partial charge in [0, 0.05) is 36.2 Å². The summed E-state index contributed by atoms with van der Waals surface area (Å²) in [5.74, 6) is -0.583. The second-order valence-corrected chi connectivity index (χ2v) is 12.1. The molecule has 0 unspecified atom stereocenters. The summed E-state index contributed by atoms with van der Waals surface area (Å²) in [5, 5.41) is 7.12. The molecular weight excluding hydrogens is 476 g/mol. The molecule has 0 bridgehead atoms. The Kier molecular flexibility index (Phi) is 9.76. The van der Waals surface area contributed by atoms with Crippen LogP contribution >= 0.6 is 11.3 Å². The SMILES string of the molecule is COC(=O)[C@@H]1CN(C(=O)[C@@H](CC2CCCCC2)NC2CCCCC2)CC[C@@H]1NC(=O)c1ncc(C)s1. The Hall–Kier alpha value is -2.00. The van der Waals surface area contributed by atoms with Crippen molar-refractivity contribution in [3.63, 3.8) is 0 Å². The summed E-state index contributed by atoms with van der Waals surface area (Å²) in [7, 11) is 1.36. The van der Waals surface area contributed by atoms with Crippen molar-refractivity contribution < 1.29 is 19.1 Å². The summed E-state index contributed by atoms with van der Waals surface area (Å²) < 4.78 is 5.09. The second-order valence-electron chi connectivity index (χ2n) is 10.9. The van der Waals surface area contributed by atoms with Crippen molar-refractivity contribution in [2.75, 3.05) is 20.2 Å². The highest BCUT2D eigenvalue weighted by Crippen LogP contribution is 2.30. The van der Waals surface area contributed by atoms with Gasteiger partial charge in [0.05, 0.1) is 19.1 Å². The van der Waals surface area contributed by atoms with Crippen LogP contribution in [0.1, 0.15) is 91.7 Å². The maximum absolute atomic E-state index is 13.9. The molecule has 3 aliphatic rings. The highest BCUT2D eigenvalue weighted by Gasteiger charge is 2.40. The highest BCUT2D eigenvalue weighted by atomic mass is 32.1. The van der Waals surface area contributed by atoms with Crippen molar-refractivity contribution in [2.45, 2.75) is 102 Å². The van der Waals surface area contributed by atoms with Gasteiger partial charge in [-0.3, -0.25) is 14.4 Å². The van der Waals surface area contributed by atoms with E-state index in [0.717, 1.165) is 24.1 Å². The number of likely N-dealkylation sites (tertiary alicyclic amines) is 1. The summed E-state index contributed by atoms with van der Waals surface area (Å²) in [4.78, 5) is 46.3. The number of piperidine rings is 1. The first-order chi connectivity index (χ1) is 17.4. The fourth-order valence-corrected chi connectivity index (χ4v) is 6.84. The molecule has 9 heteroatoms. The number of hydrogen-bond acceptors (Lipinski definition) is 7. The predicted molar refractivity (Wildman–Crippen MR) is 140 cm³/mol. The number of amides is 2. The molecule has 2 heterocycles. The van der Waals surface area contributed by atoms with E-state index >= 15 is 0 Å². The molecule has 0 radical (unpaired) electrons. The minimum atomic E-state index is -0.595. The predicted octanol–water partition coefficient (Wildman–Crippen LogP) is 3.83. The molecule has 0 aromatic carbocycles. The average Bonchev–Trinajstić information content (AvgIpc) is 3.35. The zero-order valence-corrected chi connectivity index (χ0v) is 22.6. The maximum Gasteiger partial charge on any atom is 0.312 e. The molecule has 4 rings (SSSR count). The molecule has 2 aliphatic carbocycles. The van der Waals surface area contributed by atoms with E-state index in [4.69, 9.17) is 4.74 Å². The van der Waals surface area contributed by atoms with E-state index in [9.17, 15) is 14.4 Å². The van der Waals surface area contributed by atoms with E-state index in [1.165, 1.54) is 69.8 Å². The van der Waals surface area contributed by atoms with E-state index in [1.54, 1.807) is 6.20 Å². The molecule has 1 aromatic rings. The fourth-order valence-electron chi connectivity index (χ4n) is 6.18. The van der Waals surface area contributed by atoms with Crippen molar-refractivity contribution in [3.05, 3.63) is 16.1 Å². The maximum atomic E-state index is 13.9. The molecule has 200 valence electrons. The minimum absolute atomic E-state index is 0.0976. The van der Waals surface area contributed by atoms with E-state index in [-0.39, 0.29) is 30.4 Å². The van der Waals surface area contributed by atoms with Gasteiger partial charge in [0.2, 0.25) is 5.91 Å². The molecule has 1 saturated heterocycles. The first kappa shape index (κ1) is 27.0. The molecule has 1 aliphatic heterocycles. The lowest BCUT2D eigenvalue weighted by molar-refractivity contribution is -0.150. The van der Waals surface area contributed by atoms with Gasteiger partial charge in [-0.05, 0) is 38.5 Å². The molecule has 2 amide bonds. The first-order valence-corrected chi connectivity index (χ1v) is 14.6. The van der Waals surface area contributed by atoms with Crippen LogP contribution in [0, 0.1) is 18.8 Å². The number of hydrogen-bond donors (Lipinski definition) is 2. The molecule has 1 aromatic heterocycles. The van der Waals surface area contributed by atoms with Crippen LogP contribution in [0.3, 0.4) is 0 Å². The third kappa shape index (κ3) is 7.06. The number of carbonyl (C=O) groups is 3. The number of methoxy groups -OCH3 is 1. The quantitative estimate of drug-likeness (QED) is 0.507. The number of ether oxygens (including phenoxy) is 1. The summed E-state index contributed by atoms with van der Waals surface area (Å²) in [6.45, 7) is 2.68. The van der Waals surface area contributed by atoms with Crippen molar-refractivity contribution >= 4 is 29.1 Å². The standard InChI is InChI=1S/C27H42N4O4S/c1-18-16-28-25(36-18)24(32)30-22-13-14-31(17-21(22)27(34)35-2)26(33)23(15-19-9-5-3-6-10-19)29-20-11-7-4-8-12-20/h16,19-23,29H,3-15,17H2,1-2H3,(H,30,32)/t21-,22+,23-/m1/s1. The zero-order chi connectivity index (χ0) is 25.5. The summed E-state index contributed by atoms with van der Waals surface area (Å²) in [6, 6.07) is -0.202. The van der Waals surface area contributed by atoms with Crippen LogP contribution in [0.4, 0.5) is 0 Å². The number of nitrogens with zero attached hydrogens (tertiary/aromatic N) is 2. The number of esters is 1. The van der Waals surface area contributed by atoms with E-state index in [1.807, 2.05) is 11.8 Å². The number of rotatable bonds is 8. The Morgan fingerprint density at radius 1 is 1.08 bits per heavy atom. The van der Waals surface area contributed by atoms with Crippen molar-refractivity contribution in [1.29, 1.82) is 0 Å². The Morgan fingerprint density at radius 2 is 1.78 bits per heavy atom. The summed E-state index contributed by atoms with van der Waals surface area (Å²) in [5.41, 5.74) is 0. The summed E-state index contributed by atoms with van der Waals surface area (Å²) >= 11 is 1.33. The van der Waals surface area contributed by atoms with Gasteiger partial charge in [0.25, 0.3) is 5.91 Å². The molecule has 2 saturated carbocycles. The van der Waals surface area contributed by atoms with Gasteiger partial charge in [-0.25, -0.2) is 4.98 Å². The Morgan fingerprint density at radius 3 is 2.42 bits per heavy atom. The normalized spacial score (nSPS) is 24.8.